The number of benzene rings is 2. The first-order chi connectivity index (χ1) is 13.6. The molecule has 2 aromatic heterocycles. The molecule has 0 radical (unpaired) electrons. The molecular weight excluding hydrogens is 370 g/mol. The lowest BCUT2D eigenvalue weighted by atomic mass is 10.2. The van der Waals surface area contributed by atoms with Crippen molar-refractivity contribution in [1.29, 1.82) is 0 Å². The predicted molar refractivity (Wildman–Crippen MR) is 95.6 cm³/mol. The van der Waals surface area contributed by atoms with E-state index in [-0.39, 0.29) is 23.1 Å². The van der Waals surface area contributed by atoms with Gasteiger partial charge in [-0.15, -0.1) is 5.10 Å². The van der Waals surface area contributed by atoms with Gasteiger partial charge in [-0.05, 0) is 43.3 Å². The Balaban J connectivity index is 1.65. The molecule has 8 nitrogen and oxygen atoms in total. The average molecular weight is 384 g/mol. The maximum atomic E-state index is 14.0. The summed E-state index contributed by atoms with van der Waals surface area (Å²) in [6.07, 6.45) is 0. The molecule has 0 aliphatic rings. The number of ether oxygens (including phenoxy) is 1. The second-order valence-corrected chi connectivity index (χ2v) is 5.71. The van der Waals surface area contributed by atoms with Crippen LogP contribution in [0.1, 0.15) is 6.92 Å². The van der Waals surface area contributed by atoms with Crippen LogP contribution in [0.4, 0.5) is 14.6 Å². The van der Waals surface area contributed by atoms with E-state index in [9.17, 15) is 8.78 Å². The molecule has 4 aromatic rings. The summed E-state index contributed by atoms with van der Waals surface area (Å²) in [5.41, 5.74) is 6.75. The minimum atomic E-state index is -0.830. The number of anilines is 1. The Labute approximate surface area is 157 Å². The van der Waals surface area contributed by atoms with Crippen LogP contribution in [0.2, 0.25) is 0 Å². The van der Waals surface area contributed by atoms with Gasteiger partial charge >= 0.3 is 0 Å². The van der Waals surface area contributed by atoms with Gasteiger partial charge in [0, 0.05) is 11.6 Å². The lowest BCUT2D eigenvalue weighted by molar-refractivity contribution is 0.340. The molecule has 2 N–H and O–H groups in total. The van der Waals surface area contributed by atoms with Gasteiger partial charge in [0.1, 0.15) is 17.3 Å². The molecule has 4 rings (SSSR count). The molecule has 0 amide bonds. The van der Waals surface area contributed by atoms with Crippen LogP contribution in [-0.4, -0.2) is 31.7 Å². The van der Waals surface area contributed by atoms with Crippen LogP contribution in [0.25, 0.3) is 28.7 Å². The molecule has 0 spiro atoms. The van der Waals surface area contributed by atoms with E-state index >= 15 is 0 Å². The zero-order valence-electron chi connectivity index (χ0n) is 14.6. The lowest BCUT2D eigenvalue weighted by Crippen LogP contribution is -2.05. The lowest BCUT2D eigenvalue weighted by Gasteiger charge is -2.04. The molecule has 10 heteroatoms. The van der Waals surface area contributed by atoms with E-state index < -0.39 is 11.6 Å². The second-order valence-electron chi connectivity index (χ2n) is 5.71. The largest absolute Gasteiger partial charge is 0.494 e. The molecular formula is C18H14F2N6O2. The molecule has 0 aliphatic carbocycles. The van der Waals surface area contributed by atoms with Crippen molar-refractivity contribution >= 4 is 5.82 Å². The van der Waals surface area contributed by atoms with Crippen molar-refractivity contribution in [3.8, 4) is 34.4 Å². The zero-order valence-corrected chi connectivity index (χ0v) is 14.6. The van der Waals surface area contributed by atoms with Crippen molar-refractivity contribution in [2.24, 2.45) is 0 Å². The summed E-state index contributed by atoms with van der Waals surface area (Å²) in [4.78, 5) is 4.26. The molecule has 0 bridgehead atoms. The fraction of sp³-hybridized carbons (Fsp3) is 0.111. The molecule has 28 heavy (non-hydrogen) atoms. The van der Waals surface area contributed by atoms with Gasteiger partial charge in [0.25, 0.3) is 5.89 Å². The molecule has 142 valence electrons. The van der Waals surface area contributed by atoms with Gasteiger partial charge in [-0.2, -0.15) is 9.67 Å². The summed E-state index contributed by atoms with van der Waals surface area (Å²) < 4.78 is 38.7. The van der Waals surface area contributed by atoms with Crippen molar-refractivity contribution in [3.63, 3.8) is 0 Å². The van der Waals surface area contributed by atoms with E-state index in [4.69, 9.17) is 15.0 Å². The standard InChI is InChI=1S/C18H14F2N6O2/c1-2-27-12-6-3-10(4-7-12)17-22-18(28-24-17)15-16(21)26(25-23-15)14-8-5-11(19)9-13(14)20/h3-9H,2,21H2,1H3. The van der Waals surface area contributed by atoms with Crippen molar-refractivity contribution in [2.45, 2.75) is 6.92 Å². The maximum Gasteiger partial charge on any atom is 0.282 e. The van der Waals surface area contributed by atoms with Crippen LogP contribution in [0.15, 0.2) is 47.0 Å². The highest BCUT2D eigenvalue weighted by Crippen LogP contribution is 2.28. The van der Waals surface area contributed by atoms with E-state index in [0.717, 1.165) is 22.6 Å². The molecule has 0 saturated heterocycles. The Hall–Kier alpha value is -3.82. The first-order valence-corrected chi connectivity index (χ1v) is 8.30. The molecule has 0 saturated carbocycles. The van der Waals surface area contributed by atoms with E-state index in [1.54, 1.807) is 24.3 Å². The van der Waals surface area contributed by atoms with Crippen LogP contribution in [-0.2, 0) is 0 Å². The molecule has 0 atom stereocenters. The van der Waals surface area contributed by atoms with E-state index in [1.165, 1.54) is 6.07 Å². The normalized spacial score (nSPS) is 11.0. The maximum absolute atomic E-state index is 14.0. The Bertz CT molecular complexity index is 1120. The minimum Gasteiger partial charge on any atom is -0.494 e. The van der Waals surface area contributed by atoms with Gasteiger partial charge in [-0.1, -0.05) is 10.4 Å². The minimum absolute atomic E-state index is 0.0209. The molecule has 0 fully saturated rings. The zero-order chi connectivity index (χ0) is 19.7. The van der Waals surface area contributed by atoms with Gasteiger partial charge in [0.15, 0.2) is 17.3 Å². The summed E-state index contributed by atoms with van der Waals surface area (Å²) in [5, 5.41) is 11.6. The van der Waals surface area contributed by atoms with Crippen molar-refractivity contribution in [3.05, 3.63) is 54.1 Å². The molecule has 2 heterocycles. The number of halogens is 2. The molecule has 0 unspecified atom stereocenters. The van der Waals surface area contributed by atoms with Crippen LogP contribution in [0.5, 0.6) is 5.75 Å². The van der Waals surface area contributed by atoms with Crippen molar-refractivity contribution in [2.75, 3.05) is 12.3 Å². The van der Waals surface area contributed by atoms with Crippen LogP contribution < -0.4 is 10.5 Å². The van der Waals surface area contributed by atoms with Crippen LogP contribution >= 0.6 is 0 Å². The first-order valence-electron chi connectivity index (χ1n) is 8.30. The fourth-order valence-corrected chi connectivity index (χ4v) is 2.58. The highest BCUT2D eigenvalue weighted by atomic mass is 19.1. The number of hydrogen-bond donors (Lipinski definition) is 1. The topological polar surface area (TPSA) is 105 Å². The third-order valence-corrected chi connectivity index (χ3v) is 3.90. The number of aromatic nitrogens is 5. The predicted octanol–water partition coefficient (Wildman–Crippen LogP) is 3.24. The smallest absolute Gasteiger partial charge is 0.282 e. The van der Waals surface area contributed by atoms with Crippen LogP contribution in [0, 0.1) is 11.6 Å². The third kappa shape index (κ3) is 3.15. The van der Waals surface area contributed by atoms with Crippen molar-refractivity contribution in [1.82, 2.24) is 25.1 Å². The summed E-state index contributed by atoms with van der Waals surface area (Å²) >= 11 is 0. The van der Waals surface area contributed by atoms with E-state index in [2.05, 4.69) is 20.5 Å². The van der Waals surface area contributed by atoms with Gasteiger partial charge < -0.3 is 15.0 Å². The third-order valence-electron chi connectivity index (χ3n) is 3.90. The summed E-state index contributed by atoms with van der Waals surface area (Å²) in [6, 6.07) is 10.2. The molecule has 0 aliphatic heterocycles. The van der Waals surface area contributed by atoms with Gasteiger partial charge in [-0.3, -0.25) is 0 Å². The van der Waals surface area contributed by atoms with Crippen LogP contribution in [0.3, 0.4) is 0 Å². The highest BCUT2D eigenvalue weighted by Gasteiger charge is 2.21. The van der Waals surface area contributed by atoms with Crippen molar-refractivity contribution < 1.29 is 18.0 Å². The second kappa shape index (κ2) is 7.06. The summed E-state index contributed by atoms with van der Waals surface area (Å²) in [5.74, 6) is -0.494. The van der Waals surface area contributed by atoms with Gasteiger partial charge in [-0.25, -0.2) is 8.78 Å². The van der Waals surface area contributed by atoms with Gasteiger partial charge in [0.05, 0.1) is 6.61 Å². The first kappa shape index (κ1) is 17.6. The highest BCUT2D eigenvalue weighted by molar-refractivity contribution is 5.66. The monoisotopic (exact) mass is 384 g/mol. The Morgan fingerprint density at radius 2 is 1.93 bits per heavy atom. The van der Waals surface area contributed by atoms with E-state index in [1.807, 2.05) is 6.92 Å². The summed E-state index contributed by atoms with van der Waals surface area (Å²) in [7, 11) is 0. The quantitative estimate of drug-likeness (QED) is 0.563. The Morgan fingerprint density at radius 1 is 1.14 bits per heavy atom. The van der Waals surface area contributed by atoms with E-state index in [0.29, 0.717) is 18.0 Å². The van der Waals surface area contributed by atoms with Gasteiger partial charge in [0.2, 0.25) is 5.82 Å². The Morgan fingerprint density at radius 3 is 2.64 bits per heavy atom. The number of nitrogens with two attached hydrogens (primary N) is 1. The number of rotatable bonds is 5. The molecule has 2 aromatic carbocycles. The SMILES string of the molecule is CCOc1ccc(-c2noc(-c3nnn(-c4ccc(F)cc4F)c3N)n2)cc1. The summed E-state index contributed by atoms with van der Waals surface area (Å²) in [6.45, 7) is 2.46. The average Bonchev–Trinajstić information content (AvgIpc) is 3.30. The number of hydrogen-bond acceptors (Lipinski definition) is 7. The number of nitrogens with zero attached hydrogens (tertiary/aromatic N) is 5. The fourth-order valence-electron chi connectivity index (χ4n) is 2.58. The Kier molecular flexibility index (Phi) is 4.44. The number of nitrogen functional groups attached to an aromatic ring is 1.